The second-order valence-corrected chi connectivity index (χ2v) is 4.90. The highest BCUT2D eigenvalue weighted by Crippen LogP contribution is 2.15. The monoisotopic (exact) mass is 305 g/mol. The molecule has 7 nitrogen and oxygen atoms in total. The summed E-state index contributed by atoms with van der Waals surface area (Å²) in [5, 5.41) is 9.04. The standard InChI is InChI=1S/C15H19N3O4/c1-2-10-22-15(21)18-7-3-6-17(8-9-18)13-11-12(14(19)20)4-5-16-13/h2,4-5,11H,1,3,6-10H2,(H,19,20). The molecule has 0 unspecified atom stereocenters. The van der Waals surface area contributed by atoms with Gasteiger partial charge in [0, 0.05) is 32.4 Å². The molecule has 0 spiro atoms. The van der Waals surface area contributed by atoms with Crippen LogP contribution in [0.25, 0.3) is 0 Å². The van der Waals surface area contributed by atoms with Crippen LogP contribution in [0.2, 0.25) is 0 Å². The average Bonchev–Trinajstić information content (AvgIpc) is 2.78. The number of amides is 1. The summed E-state index contributed by atoms with van der Waals surface area (Å²) >= 11 is 0. The Labute approximate surface area is 128 Å². The number of anilines is 1. The predicted molar refractivity (Wildman–Crippen MR) is 81.1 cm³/mol. The topological polar surface area (TPSA) is 83.0 Å². The number of hydrogen-bond acceptors (Lipinski definition) is 5. The molecule has 0 saturated carbocycles. The summed E-state index contributed by atoms with van der Waals surface area (Å²) in [5.41, 5.74) is 0.205. The lowest BCUT2D eigenvalue weighted by molar-refractivity contribution is 0.0696. The van der Waals surface area contributed by atoms with Crippen LogP contribution < -0.4 is 4.90 Å². The van der Waals surface area contributed by atoms with E-state index in [1.165, 1.54) is 18.3 Å². The van der Waals surface area contributed by atoms with Gasteiger partial charge in [0.05, 0.1) is 5.56 Å². The molecule has 22 heavy (non-hydrogen) atoms. The number of carbonyl (C=O) groups is 2. The van der Waals surface area contributed by atoms with E-state index >= 15 is 0 Å². The van der Waals surface area contributed by atoms with Gasteiger partial charge in [-0.2, -0.15) is 0 Å². The highest BCUT2D eigenvalue weighted by atomic mass is 16.6. The fraction of sp³-hybridized carbons (Fsp3) is 0.400. The lowest BCUT2D eigenvalue weighted by atomic mass is 10.2. The molecule has 0 bridgehead atoms. The van der Waals surface area contributed by atoms with Crippen LogP contribution in [0.3, 0.4) is 0 Å². The Morgan fingerprint density at radius 3 is 2.91 bits per heavy atom. The number of carboxylic acid groups (broad SMARTS) is 1. The van der Waals surface area contributed by atoms with Gasteiger partial charge in [0.25, 0.3) is 0 Å². The molecule has 1 N–H and O–H groups in total. The summed E-state index contributed by atoms with van der Waals surface area (Å²) in [6.45, 7) is 6.11. The van der Waals surface area contributed by atoms with Crippen molar-refractivity contribution in [1.82, 2.24) is 9.88 Å². The average molecular weight is 305 g/mol. The Morgan fingerprint density at radius 2 is 2.18 bits per heavy atom. The largest absolute Gasteiger partial charge is 0.478 e. The van der Waals surface area contributed by atoms with Crippen LogP contribution in [0.5, 0.6) is 0 Å². The number of carbonyl (C=O) groups excluding carboxylic acids is 1. The zero-order valence-electron chi connectivity index (χ0n) is 12.3. The van der Waals surface area contributed by atoms with Crippen molar-refractivity contribution in [2.45, 2.75) is 6.42 Å². The summed E-state index contributed by atoms with van der Waals surface area (Å²) in [6.07, 6.45) is 3.43. The number of aromatic nitrogens is 1. The van der Waals surface area contributed by atoms with Gasteiger partial charge >= 0.3 is 12.1 Å². The maximum absolute atomic E-state index is 11.8. The summed E-state index contributed by atoms with van der Waals surface area (Å²) in [5.74, 6) is -0.366. The molecule has 1 amide bonds. The van der Waals surface area contributed by atoms with Crippen molar-refractivity contribution in [1.29, 1.82) is 0 Å². The summed E-state index contributed by atoms with van der Waals surface area (Å²) < 4.78 is 5.03. The molecule has 7 heteroatoms. The molecule has 2 rings (SSSR count). The first-order valence-corrected chi connectivity index (χ1v) is 7.08. The van der Waals surface area contributed by atoms with E-state index in [9.17, 15) is 9.59 Å². The molecule has 1 aromatic heterocycles. The first-order chi connectivity index (χ1) is 10.6. The zero-order valence-corrected chi connectivity index (χ0v) is 12.3. The smallest absolute Gasteiger partial charge is 0.410 e. The Bertz CT molecular complexity index is 561. The molecule has 0 radical (unpaired) electrons. The molecule has 1 aliphatic rings. The molecule has 1 saturated heterocycles. The van der Waals surface area contributed by atoms with Crippen molar-refractivity contribution in [3.8, 4) is 0 Å². The molecule has 118 valence electrons. The molecule has 0 aromatic carbocycles. The van der Waals surface area contributed by atoms with Crippen LogP contribution in [0, 0.1) is 0 Å². The maximum Gasteiger partial charge on any atom is 0.410 e. The Hall–Kier alpha value is -2.57. The molecule has 1 aliphatic heterocycles. The highest BCUT2D eigenvalue weighted by molar-refractivity contribution is 5.88. The number of hydrogen-bond donors (Lipinski definition) is 1. The third-order valence-electron chi connectivity index (χ3n) is 3.40. The van der Waals surface area contributed by atoms with Crippen LogP contribution in [-0.2, 0) is 4.74 Å². The van der Waals surface area contributed by atoms with Gasteiger partial charge in [-0.15, -0.1) is 0 Å². The maximum atomic E-state index is 11.8. The summed E-state index contributed by atoms with van der Waals surface area (Å²) in [6, 6.07) is 3.01. The molecule has 0 aliphatic carbocycles. The predicted octanol–water partition coefficient (Wildman–Crippen LogP) is 1.61. The van der Waals surface area contributed by atoms with Gasteiger partial charge in [-0.25, -0.2) is 14.6 Å². The highest BCUT2D eigenvalue weighted by Gasteiger charge is 2.21. The Kier molecular flexibility index (Phi) is 5.35. The van der Waals surface area contributed by atoms with E-state index in [0.717, 1.165) is 6.42 Å². The Morgan fingerprint density at radius 1 is 1.36 bits per heavy atom. The number of rotatable bonds is 4. The van der Waals surface area contributed by atoms with Crippen molar-refractivity contribution in [3.05, 3.63) is 36.5 Å². The van der Waals surface area contributed by atoms with Gasteiger partial charge in [-0.1, -0.05) is 12.7 Å². The lowest BCUT2D eigenvalue weighted by Crippen LogP contribution is -2.35. The van der Waals surface area contributed by atoms with Gasteiger partial charge in [-0.05, 0) is 18.6 Å². The molecule has 0 atom stereocenters. The first kappa shape index (κ1) is 15.8. The molecular weight excluding hydrogens is 286 g/mol. The van der Waals surface area contributed by atoms with Crippen LogP contribution >= 0.6 is 0 Å². The molecule has 2 heterocycles. The van der Waals surface area contributed by atoms with Gasteiger partial charge in [0.1, 0.15) is 12.4 Å². The minimum absolute atomic E-state index is 0.196. The lowest BCUT2D eigenvalue weighted by Gasteiger charge is -2.22. The third-order valence-corrected chi connectivity index (χ3v) is 3.40. The van der Waals surface area contributed by atoms with E-state index in [2.05, 4.69) is 11.6 Å². The minimum atomic E-state index is -0.979. The first-order valence-electron chi connectivity index (χ1n) is 7.08. The van der Waals surface area contributed by atoms with Crippen molar-refractivity contribution >= 4 is 17.9 Å². The minimum Gasteiger partial charge on any atom is -0.478 e. The summed E-state index contributed by atoms with van der Waals surface area (Å²) in [4.78, 5) is 30.7. The van der Waals surface area contributed by atoms with E-state index < -0.39 is 5.97 Å². The van der Waals surface area contributed by atoms with Crippen molar-refractivity contribution < 1.29 is 19.4 Å². The van der Waals surface area contributed by atoms with Gasteiger partial charge in [-0.3, -0.25) is 0 Å². The molecular formula is C15H19N3O4. The van der Waals surface area contributed by atoms with Crippen molar-refractivity contribution in [2.24, 2.45) is 0 Å². The second kappa shape index (κ2) is 7.44. The van der Waals surface area contributed by atoms with Crippen LogP contribution in [0.15, 0.2) is 31.0 Å². The van der Waals surface area contributed by atoms with Crippen molar-refractivity contribution in [2.75, 3.05) is 37.7 Å². The van der Waals surface area contributed by atoms with Gasteiger partial charge in [0.2, 0.25) is 0 Å². The van der Waals surface area contributed by atoms with E-state index in [4.69, 9.17) is 9.84 Å². The van der Waals surface area contributed by atoms with E-state index in [-0.39, 0.29) is 18.3 Å². The number of carboxylic acids is 1. The molecule has 1 fully saturated rings. The van der Waals surface area contributed by atoms with Crippen LogP contribution in [0.1, 0.15) is 16.8 Å². The van der Waals surface area contributed by atoms with Crippen LogP contribution in [0.4, 0.5) is 10.6 Å². The number of nitrogens with zero attached hydrogens (tertiary/aromatic N) is 3. The zero-order chi connectivity index (χ0) is 15.9. The fourth-order valence-corrected chi connectivity index (χ4v) is 2.27. The quantitative estimate of drug-likeness (QED) is 0.851. The number of ether oxygens (including phenoxy) is 1. The van der Waals surface area contributed by atoms with Crippen LogP contribution in [-0.4, -0.2) is 59.8 Å². The van der Waals surface area contributed by atoms with E-state index in [1.807, 2.05) is 4.90 Å². The normalized spacial score (nSPS) is 15.1. The fourth-order valence-electron chi connectivity index (χ4n) is 2.27. The summed E-state index contributed by atoms with van der Waals surface area (Å²) in [7, 11) is 0. The number of pyridine rings is 1. The van der Waals surface area contributed by atoms with E-state index in [1.54, 1.807) is 11.0 Å². The molecule has 1 aromatic rings. The van der Waals surface area contributed by atoms with E-state index in [0.29, 0.717) is 32.0 Å². The number of aromatic carboxylic acids is 1. The SMILES string of the molecule is C=CCOC(=O)N1CCCN(c2cc(C(=O)O)ccn2)CC1. The second-order valence-electron chi connectivity index (χ2n) is 4.90. The third kappa shape index (κ3) is 3.97. The van der Waals surface area contributed by atoms with Gasteiger partial charge < -0.3 is 19.6 Å². The Balaban J connectivity index is 2.01. The van der Waals surface area contributed by atoms with Crippen molar-refractivity contribution in [3.63, 3.8) is 0 Å². The van der Waals surface area contributed by atoms with Gasteiger partial charge in [0.15, 0.2) is 0 Å².